The number of hydrogen-bond donors (Lipinski definition) is 1. The zero-order valence-corrected chi connectivity index (χ0v) is 16.8. The average molecular weight is 426 g/mol. The summed E-state index contributed by atoms with van der Waals surface area (Å²) in [6, 6.07) is 12.6. The van der Waals surface area contributed by atoms with Gasteiger partial charge in [0.2, 0.25) is 5.91 Å². The molecule has 0 aliphatic rings. The number of amides is 1. The lowest BCUT2D eigenvalue weighted by Gasteiger charge is -2.11. The Balaban J connectivity index is 1.96. The van der Waals surface area contributed by atoms with Gasteiger partial charge < -0.3 is 9.88 Å². The number of carbonyl (C=O) groups is 1. The van der Waals surface area contributed by atoms with Crippen LogP contribution in [0.3, 0.4) is 0 Å². The van der Waals surface area contributed by atoms with Gasteiger partial charge in [0.1, 0.15) is 22.2 Å². The summed E-state index contributed by atoms with van der Waals surface area (Å²) in [5.41, 5.74) is 2.10. The minimum Gasteiger partial charge on any atom is -0.354 e. The molecule has 3 aromatic rings. The molecular weight excluding hydrogens is 409 g/mol. The van der Waals surface area contributed by atoms with Gasteiger partial charge in [-0.3, -0.25) is 4.79 Å². The Hall–Kier alpha value is -2.09. The van der Waals surface area contributed by atoms with E-state index in [9.17, 15) is 13.2 Å². The van der Waals surface area contributed by atoms with Crippen LogP contribution in [-0.2, 0) is 21.2 Å². The number of rotatable bonds is 6. The van der Waals surface area contributed by atoms with Crippen LogP contribution in [0.4, 0.5) is 0 Å². The largest absolute Gasteiger partial charge is 0.354 e. The van der Waals surface area contributed by atoms with Crippen molar-refractivity contribution in [3.8, 4) is 11.4 Å². The summed E-state index contributed by atoms with van der Waals surface area (Å²) in [6.45, 7) is 0.0278. The predicted octanol–water partition coefficient (Wildman–Crippen LogP) is 3.17. The van der Waals surface area contributed by atoms with Crippen LogP contribution < -0.4 is 5.32 Å². The van der Waals surface area contributed by atoms with Crippen molar-refractivity contribution in [2.45, 2.75) is 6.54 Å². The number of nitrogens with one attached hydrogen (secondary N) is 1. The first-order chi connectivity index (χ1) is 12.8. The number of imidazole rings is 1. The van der Waals surface area contributed by atoms with Crippen molar-refractivity contribution in [1.29, 1.82) is 0 Å². The molecule has 0 fully saturated rings. The molecule has 9 heteroatoms. The molecule has 2 aromatic carbocycles. The topological polar surface area (TPSA) is 81.1 Å². The maximum absolute atomic E-state index is 12.4. The lowest BCUT2D eigenvalue weighted by molar-refractivity contribution is -0.121. The Labute approximate surface area is 167 Å². The van der Waals surface area contributed by atoms with E-state index in [1.54, 1.807) is 22.8 Å². The first-order valence-corrected chi connectivity index (χ1v) is 10.9. The van der Waals surface area contributed by atoms with E-state index in [-0.39, 0.29) is 24.7 Å². The number of nitrogens with zero attached hydrogens (tertiary/aromatic N) is 2. The van der Waals surface area contributed by atoms with Gasteiger partial charge in [-0.1, -0.05) is 41.4 Å². The summed E-state index contributed by atoms with van der Waals surface area (Å²) >= 11 is 12.5. The molecule has 1 heterocycles. The van der Waals surface area contributed by atoms with Crippen LogP contribution in [0.25, 0.3) is 22.4 Å². The van der Waals surface area contributed by atoms with E-state index < -0.39 is 9.84 Å². The number of carbonyl (C=O) groups excluding carboxylic acids is 1. The number of sulfone groups is 1. The molecule has 3 rings (SSSR count). The smallest absolute Gasteiger partial charge is 0.240 e. The van der Waals surface area contributed by atoms with Crippen molar-refractivity contribution in [2.24, 2.45) is 0 Å². The normalized spacial score (nSPS) is 11.7. The third kappa shape index (κ3) is 4.61. The highest BCUT2D eigenvalue weighted by atomic mass is 35.5. The summed E-state index contributed by atoms with van der Waals surface area (Å²) in [5, 5.41) is 3.37. The van der Waals surface area contributed by atoms with Gasteiger partial charge in [0, 0.05) is 18.4 Å². The maximum Gasteiger partial charge on any atom is 0.240 e. The molecule has 27 heavy (non-hydrogen) atoms. The molecule has 1 N–H and O–H groups in total. The molecule has 1 aromatic heterocycles. The first kappa shape index (κ1) is 19.7. The lowest BCUT2D eigenvalue weighted by Crippen LogP contribution is -2.31. The van der Waals surface area contributed by atoms with Gasteiger partial charge >= 0.3 is 0 Å². The molecular formula is C18H17Cl2N3O3S. The molecule has 0 bridgehead atoms. The van der Waals surface area contributed by atoms with Gasteiger partial charge in [-0.05, 0) is 24.3 Å². The zero-order chi connectivity index (χ0) is 19.6. The van der Waals surface area contributed by atoms with Gasteiger partial charge in [0.25, 0.3) is 0 Å². The van der Waals surface area contributed by atoms with Crippen molar-refractivity contribution in [3.63, 3.8) is 0 Å². The maximum atomic E-state index is 12.4. The number of fused-ring (bicyclic) bond motifs is 1. The number of benzene rings is 2. The minimum absolute atomic E-state index is 0.0253. The van der Waals surface area contributed by atoms with Crippen LogP contribution >= 0.6 is 23.2 Å². The summed E-state index contributed by atoms with van der Waals surface area (Å²) < 4.78 is 24.2. The van der Waals surface area contributed by atoms with E-state index in [1.807, 2.05) is 24.3 Å². The van der Waals surface area contributed by atoms with Gasteiger partial charge in [-0.25, -0.2) is 13.4 Å². The van der Waals surface area contributed by atoms with Crippen LogP contribution in [0, 0.1) is 0 Å². The molecule has 0 unspecified atom stereocenters. The van der Waals surface area contributed by atoms with Gasteiger partial charge in [0.05, 0.1) is 26.8 Å². The zero-order valence-electron chi connectivity index (χ0n) is 14.4. The van der Waals surface area contributed by atoms with Crippen LogP contribution in [0.1, 0.15) is 0 Å². The monoisotopic (exact) mass is 425 g/mol. The summed E-state index contributed by atoms with van der Waals surface area (Å²) in [7, 11) is -3.14. The van der Waals surface area contributed by atoms with Crippen LogP contribution in [0.2, 0.25) is 10.0 Å². The highest BCUT2D eigenvalue weighted by molar-refractivity contribution is 7.90. The molecule has 6 nitrogen and oxygen atoms in total. The Kier molecular flexibility index (Phi) is 5.74. The number of para-hydroxylation sites is 2. The number of halogens is 2. The molecule has 142 valence electrons. The predicted molar refractivity (Wildman–Crippen MR) is 108 cm³/mol. The van der Waals surface area contributed by atoms with E-state index in [2.05, 4.69) is 10.3 Å². The molecule has 1 amide bonds. The summed E-state index contributed by atoms with van der Waals surface area (Å²) in [5.74, 6) is 0.0827. The van der Waals surface area contributed by atoms with E-state index >= 15 is 0 Å². The SMILES string of the molecule is CS(=O)(=O)CCNC(=O)Cn1c(-c2cccc(Cl)c2Cl)nc2ccccc21. The van der Waals surface area contributed by atoms with E-state index in [0.717, 1.165) is 11.8 Å². The van der Waals surface area contributed by atoms with Crippen molar-refractivity contribution in [2.75, 3.05) is 18.6 Å². The Bertz CT molecular complexity index is 1110. The van der Waals surface area contributed by atoms with E-state index in [1.165, 1.54) is 0 Å². The molecule has 0 aliphatic heterocycles. The third-order valence-corrected chi connectivity index (χ3v) is 5.71. The molecule has 0 atom stereocenters. The third-order valence-electron chi connectivity index (χ3n) is 3.94. The Morgan fingerprint density at radius 2 is 1.89 bits per heavy atom. The van der Waals surface area contributed by atoms with Gasteiger partial charge in [-0.15, -0.1) is 0 Å². The summed E-state index contributed by atoms with van der Waals surface area (Å²) in [4.78, 5) is 17.0. The number of aromatic nitrogens is 2. The quantitative estimate of drug-likeness (QED) is 0.657. The van der Waals surface area contributed by atoms with Crippen LogP contribution in [-0.4, -0.2) is 42.4 Å². The standard InChI is InChI=1S/C18H17Cl2N3O3S/c1-27(25,26)10-9-21-16(24)11-23-15-8-3-2-7-14(15)22-18(23)12-5-4-6-13(19)17(12)20/h2-8H,9-11H2,1H3,(H,21,24). The summed E-state index contributed by atoms with van der Waals surface area (Å²) in [6.07, 6.45) is 1.13. The van der Waals surface area contributed by atoms with Crippen molar-refractivity contribution >= 4 is 50.0 Å². The van der Waals surface area contributed by atoms with Gasteiger partial charge in [0.15, 0.2) is 0 Å². The van der Waals surface area contributed by atoms with E-state index in [4.69, 9.17) is 23.2 Å². The first-order valence-electron chi connectivity index (χ1n) is 8.10. The molecule has 0 aliphatic carbocycles. The van der Waals surface area contributed by atoms with E-state index in [0.29, 0.717) is 26.9 Å². The Morgan fingerprint density at radius 3 is 2.63 bits per heavy atom. The fourth-order valence-corrected chi connectivity index (χ4v) is 3.55. The van der Waals surface area contributed by atoms with Gasteiger partial charge in [-0.2, -0.15) is 0 Å². The molecule has 0 spiro atoms. The van der Waals surface area contributed by atoms with Crippen molar-refractivity contribution in [3.05, 3.63) is 52.5 Å². The highest BCUT2D eigenvalue weighted by Gasteiger charge is 2.18. The fraction of sp³-hybridized carbons (Fsp3) is 0.222. The lowest BCUT2D eigenvalue weighted by atomic mass is 10.2. The minimum atomic E-state index is -3.14. The van der Waals surface area contributed by atoms with Crippen molar-refractivity contribution in [1.82, 2.24) is 14.9 Å². The molecule has 0 radical (unpaired) electrons. The molecule has 0 saturated heterocycles. The number of hydrogen-bond acceptors (Lipinski definition) is 4. The fourth-order valence-electron chi connectivity index (χ4n) is 2.69. The van der Waals surface area contributed by atoms with Crippen molar-refractivity contribution < 1.29 is 13.2 Å². The second kappa shape index (κ2) is 7.88. The molecule has 0 saturated carbocycles. The average Bonchev–Trinajstić information content (AvgIpc) is 2.95. The highest BCUT2D eigenvalue weighted by Crippen LogP contribution is 2.34. The van der Waals surface area contributed by atoms with Crippen LogP contribution in [0.5, 0.6) is 0 Å². The second-order valence-corrected chi connectivity index (χ2v) is 9.14. The second-order valence-electron chi connectivity index (χ2n) is 6.09. The Morgan fingerprint density at radius 1 is 1.15 bits per heavy atom. The van der Waals surface area contributed by atoms with Crippen LogP contribution in [0.15, 0.2) is 42.5 Å².